The Hall–Kier alpha value is -0.940. The van der Waals surface area contributed by atoms with Gasteiger partial charge in [-0.1, -0.05) is 0 Å². The van der Waals surface area contributed by atoms with Crippen LogP contribution in [0.1, 0.15) is 0 Å². The molecule has 0 aromatic carbocycles. The molecule has 1 rings (SSSR count). The van der Waals surface area contributed by atoms with E-state index in [1.54, 1.807) is 0 Å². The van der Waals surface area contributed by atoms with Crippen molar-refractivity contribution in [1.82, 2.24) is 5.32 Å². The van der Waals surface area contributed by atoms with E-state index in [1.165, 1.54) is 6.08 Å². The molecule has 62 valence electrons. The third-order valence-corrected chi connectivity index (χ3v) is 1.39. The Labute approximate surface area is 64.2 Å². The molecule has 1 atom stereocenters. The van der Waals surface area contributed by atoms with Crippen LogP contribution in [0.4, 0.5) is 0 Å². The molecule has 1 unspecified atom stereocenters. The first-order valence-electron chi connectivity index (χ1n) is 3.42. The number of nitrogens with one attached hydrogen (secondary N) is 1. The molecule has 5 nitrogen and oxygen atoms in total. The normalized spacial score (nSPS) is 25.6. The number of rotatable bonds is 2. The molecule has 1 aliphatic heterocycles. The highest BCUT2D eigenvalue weighted by Gasteiger charge is 2.09. The van der Waals surface area contributed by atoms with Crippen LogP contribution in [0.15, 0.2) is 12.3 Å². The van der Waals surface area contributed by atoms with E-state index in [4.69, 9.17) is 4.74 Å². The van der Waals surface area contributed by atoms with E-state index in [9.17, 15) is 10.1 Å². The summed E-state index contributed by atoms with van der Waals surface area (Å²) in [6.45, 7) is 1.96. The van der Waals surface area contributed by atoms with Crippen molar-refractivity contribution in [2.24, 2.45) is 0 Å². The van der Waals surface area contributed by atoms with Crippen molar-refractivity contribution in [2.45, 2.75) is 6.04 Å². The van der Waals surface area contributed by atoms with Gasteiger partial charge in [-0.2, -0.15) is 0 Å². The lowest BCUT2D eigenvalue weighted by atomic mass is 10.3. The highest BCUT2D eigenvalue weighted by Crippen LogP contribution is 1.93. The second kappa shape index (κ2) is 4.05. The summed E-state index contributed by atoms with van der Waals surface area (Å²) in [6.07, 6.45) is 2.44. The Kier molecular flexibility index (Phi) is 3.00. The fraction of sp³-hybridized carbons (Fsp3) is 0.667. The molecule has 0 saturated carbocycles. The first kappa shape index (κ1) is 8.16. The molecule has 0 spiro atoms. The number of nitro groups is 1. The van der Waals surface area contributed by atoms with Crippen LogP contribution in [-0.2, 0) is 4.74 Å². The zero-order valence-electron chi connectivity index (χ0n) is 6.03. The van der Waals surface area contributed by atoms with E-state index < -0.39 is 4.92 Å². The molecular formula is C6H10N2O3. The van der Waals surface area contributed by atoms with Crippen LogP contribution >= 0.6 is 0 Å². The highest BCUT2D eigenvalue weighted by molar-refractivity contribution is 4.89. The van der Waals surface area contributed by atoms with Crippen molar-refractivity contribution in [3.63, 3.8) is 0 Å². The molecule has 0 radical (unpaired) electrons. The molecule has 1 aliphatic rings. The quantitative estimate of drug-likeness (QED) is 0.445. The van der Waals surface area contributed by atoms with E-state index in [1.807, 2.05) is 0 Å². The maximum atomic E-state index is 9.89. The largest absolute Gasteiger partial charge is 0.378 e. The van der Waals surface area contributed by atoms with Crippen LogP contribution in [0, 0.1) is 10.1 Å². The van der Waals surface area contributed by atoms with Gasteiger partial charge in [-0.05, 0) is 0 Å². The van der Waals surface area contributed by atoms with Crippen molar-refractivity contribution in [3.8, 4) is 0 Å². The number of ether oxygens (including phenoxy) is 1. The summed E-state index contributed by atoms with van der Waals surface area (Å²) in [4.78, 5) is 9.42. The third-order valence-electron chi connectivity index (χ3n) is 1.39. The minimum absolute atomic E-state index is 0.00542. The lowest BCUT2D eigenvalue weighted by Gasteiger charge is -2.19. The number of hydrogen-bond acceptors (Lipinski definition) is 4. The maximum Gasteiger partial charge on any atom is 0.232 e. The zero-order valence-corrected chi connectivity index (χ0v) is 6.03. The summed E-state index contributed by atoms with van der Waals surface area (Å²) in [6, 6.07) is -0.00542. The Balaban J connectivity index is 2.29. The number of nitrogens with zero attached hydrogens (tertiary/aromatic N) is 1. The predicted molar refractivity (Wildman–Crippen MR) is 38.7 cm³/mol. The minimum Gasteiger partial charge on any atom is -0.378 e. The van der Waals surface area contributed by atoms with E-state index >= 15 is 0 Å². The standard InChI is InChI=1S/C6H10N2O3/c9-8(10)3-1-6-5-11-4-2-7-6/h1,3,6-7H,2,4-5H2/b3-1+. The molecular weight excluding hydrogens is 148 g/mol. The lowest BCUT2D eigenvalue weighted by Crippen LogP contribution is -2.39. The summed E-state index contributed by atoms with van der Waals surface area (Å²) in [5.74, 6) is 0. The van der Waals surface area contributed by atoms with Crippen molar-refractivity contribution < 1.29 is 9.66 Å². The van der Waals surface area contributed by atoms with Gasteiger partial charge in [0.05, 0.1) is 24.2 Å². The van der Waals surface area contributed by atoms with Crippen molar-refractivity contribution in [3.05, 3.63) is 22.4 Å². The first-order valence-corrected chi connectivity index (χ1v) is 3.42. The molecule has 0 bridgehead atoms. The number of hydrogen-bond donors (Lipinski definition) is 1. The average Bonchev–Trinajstić information content (AvgIpc) is 2.03. The second-order valence-electron chi connectivity index (χ2n) is 2.26. The Morgan fingerprint density at radius 1 is 1.73 bits per heavy atom. The summed E-state index contributed by atoms with van der Waals surface area (Å²) >= 11 is 0. The molecule has 1 saturated heterocycles. The van der Waals surface area contributed by atoms with Gasteiger partial charge in [-0.15, -0.1) is 0 Å². The Morgan fingerprint density at radius 3 is 3.09 bits per heavy atom. The van der Waals surface area contributed by atoms with E-state index in [-0.39, 0.29) is 6.04 Å². The SMILES string of the molecule is O=[N+]([O-])/C=C/C1COCCN1. The molecule has 11 heavy (non-hydrogen) atoms. The van der Waals surface area contributed by atoms with Gasteiger partial charge < -0.3 is 10.1 Å². The van der Waals surface area contributed by atoms with Crippen molar-refractivity contribution >= 4 is 0 Å². The van der Waals surface area contributed by atoms with Gasteiger partial charge in [-0.25, -0.2) is 0 Å². The molecule has 0 aliphatic carbocycles. The third kappa shape index (κ3) is 3.10. The highest BCUT2D eigenvalue weighted by atomic mass is 16.6. The van der Waals surface area contributed by atoms with Gasteiger partial charge in [-0.3, -0.25) is 10.1 Å². The van der Waals surface area contributed by atoms with Crippen molar-refractivity contribution in [2.75, 3.05) is 19.8 Å². The summed E-state index contributed by atoms with van der Waals surface area (Å²) in [5.41, 5.74) is 0. The van der Waals surface area contributed by atoms with E-state index in [0.717, 1.165) is 12.7 Å². The molecule has 1 heterocycles. The van der Waals surface area contributed by atoms with Gasteiger partial charge in [0, 0.05) is 12.6 Å². The lowest BCUT2D eigenvalue weighted by molar-refractivity contribution is -0.402. The monoisotopic (exact) mass is 158 g/mol. The summed E-state index contributed by atoms with van der Waals surface area (Å²) in [7, 11) is 0. The van der Waals surface area contributed by atoms with Crippen LogP contribution in [0.3, 0.4) is 0 Å². The summed E-state index contributed by atoms with van der Waals surface area (Å²) < 4.78 is 5.08. The second-order valence-corrected chi connectivity index (χ2v) is 2.26. The zero-order chi connectivity index (χ0) is 8.10. The van der Waals surface area contributed by atoms with Crippen LogP contribution in [-0.4, -0.2) is 30.7 Å². The van der Waals surface area contributed by atoms with Crippen LogP contribution in [0.2, 0.25) is 0 Å². The molecule has 1 fully saturated rings. The van der Waals surface area contributed by atoms with E-state index in [2.05, 4.69) is 5.32 Å². The van der Waals surface area contributed by atoms with Gasteiger partial charge in [0.2, 0.25) is 6.20 Å². The molecule has 1 N–H and O–H groups in total. The smallest absolute Gasteiger partial charge is 0.232 e. The average molecular weight is 158 g/mol. The minimum atomic E-state index is -0.476. The predicted octanol–water partition coefficient (Wildman–Crippen LogP) is -0.235. The molecule has 0 aromatic rings. The van der Waals surface area contributed by atoms with Crippen LogP contribution < -0.4 is 5.32 Å². The molecule has 0 aromatic heterocycles. The van der Waals surface area contributed by atoms with Gasteiger partial charge in [0.25, 0.3) is 0 Å². The fourth-order valence-electron chi connectivity index (χ4n) is 0.883. The van der Waals surface area contributed by atoms with Gasteiger partial charge in [0.15, 0.2) is 0 Å². The van der Waals surface area contributed by atoms with E-state index in [0.29, 0.717) is 13.2 Å². The van der Waals surface area contributed by atoms with Gasteiger partial charge >= 0.3 is 0 Å². The molecule has 5 heteroatoms. The van der Waals surface area contributed by atoms with Crippen molar-refractivity contribution in [1.29, 1.82) is 0 Å². The van der Waals surface area contributed by atoms with Crippen LogP contribution in [0.5, 0.6) is 0 Å². The topological polar surface area (TPSA) is 64.4 Å². The Morgan fingerprint density at radius 2 is 2.55 bits per heavy atom. The van der Waals surface area contributed by atoms with Gasteiger partial charge in [0.1, 0.15) is 0 Å². The fourth-order valence-corrected chi connectivity index (χ4v) is 0.883. The maximum absolute atomic E-state index is 9.89. The van der Waals surface area contributed by atoms with Crippen LogP contribution in [0.25, 0.3) is 0 Å². The first-order chi connectivity index (χ1) is 5.29. The Bertz CT molecular complexity index is 163. The number of morpholine rings is 1. The molecule has 0 amide bonds. The summed E-state index contributed by atoms with van der Waals surface area (Å²) in [5, 5.41) is 13.0.